The van der Waals surface area contributed by atoms with Gasteiger partial charge >= 0.3 is 0 Å². The van der Waals surface area contributed by atoms with Gasteiger partial charge in [-0.1, -0.05) is 6.42 Å². The van der Waals surface area contributed by atoms with Crippen molar-refractivity contribution in [3.05, 3.63) is 24.5 Å². The van der Waals surface area contributed by atoms with Gasteiger partial charge in [0.2, 0.25) is 0 Å². The second kappa shape index (κ2) is 3.97. The van der Waals surface area contributed by atoms with Gasteiger partial charge in [0.15, 0.2) is 0 Å². The third-order valence-electron chi connectivity index (χ3n) is 2.89. The molecule has 1 fully saturated rings. The molecule has 72 valence electrons. The summed E-state index contributed by atoms with van der Waals surface area (Å²) in [5.74, 6) is 0.677. The second-order valence-corrected chi connectivity index (χ2v) is 4.07. The zero-order valence-corrected chi connectivity index (χ0v) is 7.89. The molecule has 0 aliphatic heterocycles. The summed E-state index contributed by atoms with van der Waals surface area (Å²) in [6.45, 7) is 1.07. The van der Waals surface area contributed by atoms with Crippen molar-refractivity contribution < 1.29 is 5.11 Å². The third kappa shape index (κ3) is 2.34. The average molecular weight is 179 g/mol. The number of nitrogens with zero attached hydrogens (tertiary/aromatic N) is 1. The lowest BCUT2D eigenvalue weighted by atomic mass is 9.87. The van der Waals surface area contributed by atoms with Crippen molar-refractivity contribution in [1.29, 1.82) is 0 Å². The summed E-state index contributed by atoms with van der Waals surface area (Å²) >= 11 is 0. The van der Waals surface area contributed by atoms with Crippen LogP contribution in [0.15, 0.2) is 24.5 Å². The number of aromatic nitrogens is 1. The Labute approximate surface area is 79.2 Å². The number of hydrogen-bond acceptors (Lipinski definition) is 1. The molecule has 1 saturated carbocycles. The highest BCUT2D eigenvalue weighted by Gasteiger charge is 2.19. The van der Waals surface area contributed by atoms with E-state index in [0.717, 1.165) is 19.4 Å². The van der Waals surface area contributed by atoms with E-state index in [4.69, 9.17) is 0 Å². The lowest BCUT2D eigenvalue weighted by Crippen LogP contribution is -2.22. The fraction of sp³-hybridized carbons (Fsp3) is 0.636. The molecule has 0 spiro atoms. The number of hydrogen-bond donors (Lipinski definition) is 1. The van der Waals surface area contributed by atoms with E-state index in [2.05, 4.69) is 29.1 Å². The molecule has 13 heavy (non-hydrogen) atoms. The van der Waals surface area contributed by atoms with Crippen LogP contribution in [0.1, 0.15) is 25.7 Å². The molecule has 1 heterocycles. The maximum atomic E-state index is 9.50. The Morgan fingerprint density at radius 2 is 2.00 bits per heavy atom. The van der Waals surface area contributed by atoms with Crippen LogP contribution in [-0.4, -0.2) is 15.8 Å². The third-order valence-corrected chi connectivity index (χ3v) is 2.89. The summed E-state index contributed by atoms with van der Waals surface area (Å²) in [6.07, 6.45) is 8.60. The molecule has 2 nitrogen and oxygen atoms in total. The van der Waals surface area contributed by atoms with Crippen LogP contribution in [0.5, 0.6) is 0 Å². The Morgan fingerprint density at radius 3 is 2.69 bits per heavy atom. The van der Waals surface area contributed by atoms with Crippen LogP contribution in [0.2, 0.25) is 0 Å². The van der Waals surface area contributed by atoms with Crippen LogP contribution in [0.3, 0.4) is 0 Å². The van der Waals surface area contributed by atoms with Gasteiger partial charge in [-0.05, 0) is 37.3 Å². The quantitative estimate of drug-likeness (QED) is 0.738. The van der Waals surface area contributed by atoms with Crippen molar-refractivity contribution in [2.45, 2.75) is 38.3 Å². The van der Waals surface area contributed by atoms with Crippen LogP contribution >= 0.6 is 0 Å². The van der Waals surface area contributed by atoms with Gasteiger partial charge in [0.05, 0.1) is 6.10 Å². The van der Waals surface area contributed by atoms with E-state index in [0.29, 0.717) is 5.92 Å². The zero-order valence-electron chi connectivity index (χ0n) is 7.89. The number of aliphatic hydroxyl groups excluding tert-OH is 1. The number of aliphatic hydroxyl groups is 1. The Balaban J connectivity index is 1.87. The molecule has 0 saturated heterocycles. The van der Waals surface area contributed by atoms with Crippen molar-refractivity contribution in [2.24, 2.45) is 5.92 Å². The maximum Gasteiger partial charge on any atom is 0.0543 e. The van der Waals surface area contributed by atoms with E-state index in [1.165, 1.54) is 12.8 Å². The Kier molecular flexibility index (Phi) is 2.69. The smallest absolute Gasteiger partial charge is 0.0543 e. The Morgan fingerprint density at radius 1 is 1.23 bits per heavy atom. The molecule has 2 heteroatoms. The van der Waals surface area contributed by atoms with Gasteiger partial charge in [-0.25, -0.2) is 0 Å². The highest BCUT2D eigenvalue weighted by Crippen LogP contribution is 2.25. The minimum absolute atomic E-state index is 0.0469. The largest absolute Gasteiger partial charge is 0.393 e. The Hall–Kier alpha value is -0.760. The molecular formula is C11H17NO. The highest BCUT2D eigenvalue weighted by molar-refractivity contribution is 4.91. The summed E-state index contributed by atoms with van der Waals surface area (Å²) < 4.78 is 2.21. The first-order valence-electron chi connectivity index (χ1n) is 5.13. The molecule has 0 bridgehead atoms. The fourth-order valence-electron chi connectivity index (χ4n) is 2.22. The molecular weight excluding hydrogens is 162 g/mol. The molecule has 2 rings (SSSR count). The number of rotatable bonds is 2. The van der Waals surface area contributed by atoms with Gasteiger partial charge < -0.3 is 9.67 Å². The highest BCUT2D eigenvalue weighted by atomic mass is 16.3. The molecule has 1 aliphatic rings. The SMILES string of the molecule is OC1CCCC(Cn2cccc2)C1. The molecule has 1 N–H and O–H groups in total. The molecule has 0 aromatic carbocycles. The molecule has 1 aromatic heterocycles. The first kappa shape index (κ1) is 8.82. The van der Waals surface area contributed by atoms with Crippen molar-refractivity contribution in [3.8, 4) is 0 Å². The summed E-state index contributed by atoms with van der Waals surface area (Å²) in [5.41, 5.74) is 0. The van der Waals surface area contributed by atoms with Crippen LogP contribution in [-0.2, 0) is 6.54 Å². The topological polar surface area (TPSA) is 25.2 Å². The molecule has 2 unspecified atom stereocenters. The monoisotopic (exact) mass is 179 g/mol. The van der Waals surface area contributed by atoms with E-state index < -0.39 is 0 Å². The van der Waals surface area contributed by atoms with Gasteiger partial charge in [0, 0.05) is 18.9 Å². The Bertz CT molecular complexity index is 243. The van der Waals surface area contributed by atoms with Gasteiger partial charge in [0.1, 0.15) is 0 Å². The zero-order chi connectivity index (χ0) is 9.10. The lowest BCUT2D eigenvalue weighted by molar-refractivity contribution is 0.0954. The minimum atomic E-state index is -0.0469. The molecule has 1 aromatic rings. The van der Waals surface area contributed by atoms with Gasteiger partial charge in [-0.3, -0.25) is 0 Å². The van der Waals surface area contributed by atoms with E-state index in [-0.39, 0.29) is 6.10 Å². The summed E-state index contributed by atoms with van der Waals surface area (Å²) in [6, 6.07) is 4.11. The van der Waals surface area contributed by atoms with Crippen LogP contribution in [0.4, 0.5) is 0 Å². The first-order valence-corrected chi connectivity index (χ1v) is 5.13. The van der Waals surface area contributed by atoms with E-state index in [1.54, 1.807) is 0 Å². The van der Waals surface area contributed by atoms with Crippen molar-refractivity contribution >= 4 is 0 Å². The predicted molar refractivity (Wildman–Crippen MR) is 52.4 cm³/mol. The summed E-state index contributed by atoms with van der Waals surface area (Å²) in [5, 5.41) is 9.50. The van der Waals surface area contributed by atoms with Crippen molar-refractivity contribution in [2.75, 3.05) is 0 Å². The molecule has 1 aliphatic carbocycles. The minimum Gasteiger partial charge on any atom is -0.393 e. The summed E-state index contributed by atoms with van der Waals surface area (Å²) in [7, 11) is 0. The normalized spacial score (nSPS) is 29.0. The van der Waals surface area contributed by atoms with Gasteiger partial charge in [0.25, 0.3) is 0 Å². The standard InChI is InChI=1S/C11H17NO/c13-11-5-3-4-10(8-11)9-12-6-1-2-7-12/h1-2,6-7,10-11,13H,3-5,8-9H2. The van der Waals surface area contributed by atoms with E-state index >= 15 is 0 Å². The average Bonchev–Trinajstić information content (AvgIpc) is 2.57. The van der Waals surface area contributed by atoms with Crippen LogP contribution in [0.25, 0.3) is 0 Å². The maximum absolute atomic E-state index is 9.50. The first-order chi connectivity index (χ1) is 6.34. The van der Waals surface area contributed by atoms with Crippen LogP contribution in [0, 0.1) is 5.92 Å². The van der Waals surface area contributed by atoms with Crippen molar-refractivity contribution in [1.82, 2.24) is 4.57 Å². The van der Waals surface area contributed by atoms with E-state index in [9.17, 15) is 5.11 Å². The van der Waals surface area contributed by atoms with Crippen molar-refractivity contribution in [3.63, 3.8) is 0 Å². The molecule has 2 atom stereocenters. The predicted octanol–water partition coefficient (Wildman–Crippen LogP) is 2.04. The fourth-order valence-corrected chi connectivity index (χ4v) is 2.22. The second-order valence-electron chi connectivity index (χ2n) is 4.07. The lowest BCUT2D eigenvalue weighted by Gasteiger charge is -2.26. The van der Waals surface area contributed by atoms with Crippen LogP contribution < -0.4 is 0 Å². The van der Waals surface area contributed by atoms with E-state index in [1.807, 2.05) is 0 Å². The molecule has 0 radical (unpaired) electrons. The molecule has 0 amide bonds. The van der Waals surface area contributed by atoms with Gasteiger partial charge in [-0.2, -0.15) is 0 Å². The summed E-state index contributed by atoms with van der Waals surface area (Å²) in [4.78, 5) is 0. The van der Waals surface area contributed by atoms with Gasteiger partial charge in [-0.15, -0.1) is 0 Å².